The van der Waals surface area contributed by atoms with E-state index in [1.54, 1.807) is 35.9 Å². The third-order valence-electron chi connectivity index (χ3n) is 9.17. The molecule has 1 spiro atoms. The zero-order valence-electron chi connectivity index (χ0n) is 22.9. The fourth-order valence-electron chi connectivity index (χ4n) is 6.68. The molecule has 1 saturated carbocycles. The number of aromatic nitrogens is 4. The third-order valence-corrected chi connectivity index (χ3v) is 9.17. The van der Waals surface area contributed by atoms with Gasteiger partial charge in [0.05, 0.1) is 41.9 Å². The third kappa shape index (κ3) is 3.89. The summed E-state index contributed by atoms with van der Waals surface area (Å²) in [5.41, 5.74) is 1.67. The topological polar surface area (TPSA) is 92.2 Å². The number of carbonyl (C=O) groups excluding carboxylic acids is 2. The Morgan fingerprint density at radius 1 is 0.976 bits per heavy atom. The molecule has 4 aromatic rings. The number of rotatable bonds is 4. The summed E-state index contributed by atoms with van der Waals surface area (Å²) >= 11 is 0. The summed E-state index contributed by atoms with van der Waals surface area (Å²) in [6, 6.07) is 9.79. The van der Waals surface area contributed by atoms with Gasteiger partial charge in [-0.3, -0.25) is 19.6 Å². The monoisotopic (exact) mass is 572 g/mol. The quantitative estimate of drug-likeness (QED) is 0.336. The highest BCUT2D eigenvalue weighted by atomic mass is 19.4. The lowest BCUT2D eigenvalue weighted by Gasteiger charge is -2.40. The fraction of sp³-hybridized carbons (Fsp3) is 0.355. The van der Waals surface area contributed by atoms with Gasteiger partial charge in [-0.15, -0.1) is 0 Å². The second kappa shape index (κ2) is 9.30. The second-order valence-electron chi connectivity index (χ2n) is 11.5. The van der Waals surface area contributed by atoms with Crippen molar-refractivity contribution in [3.8, 4) is 11.1 Å². The van der Waals surface area contributed by atoms with E-state index in [2.05, 4.69) is 21.2 Å². The lowest BCUT2D eigenvalue weighted by atomic mass is 9.73. The van der Waals surface area contributed by atoms with Crippen LogP contribution in [0.5, 0.6) is 0 Å². The fourth-order valence-corrected chi connectivity index (χ4v) is 6.68. The Hall–Kier alpha value is -4.41. The van der Waals surface area contributed by atoms with Crippen molar-refractivity contribution in [1.29, 1.82) is 0 Å². The number of hydrogen-bond acceptors (Lipinski definition) is 6. The van der Waals surface area contributed by atoms with E-state index in [1.165, 1.54) is 4.90 Å². The van der Waals surface area contributed by atoms with Crippen LogP contribution in [-0.4, -0.2) is 56.1 Å². The van der Waals surface area contributed by atoms with Gasteiger partial charge < -0.3 is 9.80 Å². The molecule has 0 N–H and O–H groups in total. The summed E-state index contributed by atoms with van der Waals surface area (Å²) in [7, 11) is 0. The zero-order valence-corrected chi connectivity index (χ0v) is 22.9. The number of nitrogens with zero attached hydrogens (tertiary/aromatic N) is 6. The van der Waals surface area contributed by atoms with E-state index in [4.69, 9.17) is 4.98 Å². The van der Waals surface area contributed by atoms with Gasteiger partial charge >= 0.3 is 6.18 Å². The van der Waals surface area contributed by atoms with E-state index >= 15 is 0 Å². The number of alkyl halides is 3. The van der Waals surface area contributed by atoms with Gasteiger partial charge in [0, 0.05) is 42.0 Å². The molecule has 42 heavy (non-hydrogen) atoms. The SMILES string of the molecule is Cc1ccc2c(-c3ccnnc3)c(CN3C(=O)C4(CCN(C(=O)C5(C(F)(F)F)CC5)CC4)c4ccncc43)ncc2c1. The Bertz CT molecular complexity index is 1730. The van der Waals surface area contributed by atoms with Crippen molar-refractivity contribution < 1.29 is 22.8 Å². The Morgan fingerprint density at radius 2 is 1.76 bits per heavy atom. The van der Waals surface area contributed by atoms with Crippen LogP contribution in [0.4, 0.5) is 18.9 Å². The summed E-state index contributed by atoms with van der Waals surface area (Å²) in [6.45, 7) is 2.35. The molecule has 8 nitrogen and oxygen atoms in total. The molecular formula is C31H27F3N6O2. The number of pyridine rings is 2. The molecule has 1 aliphatic carbocycles. The number of halogens is 3. The van der Waals surface area contributed by atoms with Crippen LogP contribution in [-0.2, 0) is 21.5 Å². The molecule has 2 fully saturated rings. The molecule has 2 aliphatic heterocycles. The minimum absolute atomic E-state index is 0.0829. The average Bonchev–Trinajstić information content (AvgIpc) is 3.79. The lowest BCUT2D eigenvalue weighted by molar-refractivity contribution is -0.199. The van der Waals surface area contributed by atoms with Crippen molar-refractivity contribution in [3.05, 3.63) is 78.1 Å². The maximum Gasteiger partial charge on any atom is 0.403 e. The molecule has 0 radical (unpaired) electrons. The van der Waals surface area contributed by atoms with Gasteiger partial charge in [0.2, 0.25) is 11.8 Å². The maximum atomic E-state index is 14.3. The molecule has 1 saturated heterocycles. The van der Waals surface area contributed by atoms with E-state index in [0.717, 1.165) is 33.0 Å². The van der Waals surface area contributed by atoms with Crippen molar-refractivity contribution in [2.45, 2.75) is 50.7 Å². The van der Waals surface area contributed by atoms with Crippen LogP contribution in [0.3, 0.4) is 0 Å². The minimum Gasteiger partial charge on any atom is -0.342 e. The number of hydrogen-bond donors (Lipinski definition) is 0. The van der Waals surface area contributed by atoms with Crippen molar-refractivity contribution >= 4 is 28.3 Å². The van der Waals surface area contributed by atoms with Gasteiger partial charge in [-0.25, -0.2) is 0 Å². The van der Waals surface area contributed by atoms with Crippen LogP contribution in [0.1, 0.15) is 42.5 Å². The van der Waals surface area contributed by atoms with Crippen molar-refractivity contribution in [2.24, 2.45) is 5.41 Å². The normalized spacial score (nSPS) is 18.9. The Kier molecular flexibility index (Phi) is 5.87. The Morgan fingerprint density at radius 3 is 2.45 bits per heavy atom. The Labute approximate surface area is 239 Å². The van der Waals surface area contributed by atoms with Crippen LogP contribution in [0.2, 0.25) is 0 Å². The predicted octanol–water partition coefficient (Wildman–Crippen LogP) is 5.14. The zero-order chi connectivity index (χ0) is 29.3. The van der Waals surface area contributed by atoms with Crippen LogP contribution in [0, 0.1) is 12.3 Å². The van der Waals surface area contributed by atoms with E-state index in [1.807, 2.05) is 31.2 Å². The number of aryl methyl sites for hydroxylation is 1. The molecule has 7 rings (SSSR count). The number of carbonyl (C=O) groups is 2. The number of anilines is 1. The Balaban J connectivity index is 1.23. The molecule has 1 aromatic carbocycles. The first-order valence-electron chi connectivity index (χ1n) is 13.9. The van der Waals surface area contributed by atoms with Gasteiger partial charge in [0.25, 0.3) is 0 Å². The van der Waals surface area contributed by atoms with E-state index < -0.39 is 22.9 Å². The lowest BCUT2D eigenvalue weighted by Crippen LogP contribution is -2.53. The molecule has 3 aliphatic rings. The van der Waals surface area contributed by atoms with Gasteiger partial charge in [-0.1, -0.05) is 17.7 Å². The molecule has 11 heteroatoms. The first-order chi connectivity index (χ1) is 20.1. The molecular weight excluding hydrogens is 545 g/mol. The average molecular weight is 573 g/mol. The van der Waals surface area contributed by atoms with Gasteiger partial charge in [0.15, 0.2) is 0 Å². The summed E-state index contributed by atoms with van der Waals surface area (Å²) in [6.07, 6.45) is 3.93. The molecule has 2 amide bonds. The van der Waals surface area contributed by atoms with Crippen molar-refractivity contribution in [1.82, 2.24) is 25.1 Å². The maximum absolute atomic E-state index is 14.3. The van der Waals surface area contributed by atoms with Crippen LogP contribution >= 0.6 is 0 Å². The van der Waals surface area contributed by atoms with Crippen molar-refractivity contribution in [2.75, 3.05) is 18.0 Å². The highest BCUT2D eigenvalue weighted by molar-refractivity contribution is 6.08. The number of likely N-dealkylation sites (tertiary alicyclic amines) is 1. The molecule has 5 heterocycles. The summed E-state index contributed by atoms with van der Waals surface area (Å²) in [4.78, 5) is 39.3. The number of piperidine rings is 1. The highest BCUT2D eigenvalue weighted by Crippen LogP contribution is 2.59. The van der Waals surface area contributed by atoms with E-state index in [9.17, 15) is 22.8 Å². The molecule has 3 aromatic heterocycles. The van der Waals surface area contributed by atoms with Gasteiger partial charge in [-0.05, 0) is 61.8 Å². The van der Waals surface area contributed by atoms with Gasteiger partial charge in [0.1, 0.15) is 5.41 Å². The summed E-state index contributed by atoms with van der Waals surface area (Å²) < 4.78 is 41.0. The summed E-state index contributed by atoms with van der Waals surface area (Å²) in [5, 5.41) is 9.91. The van der Waals surface area contributed by atoms with Crippen LogP contribution < -0.4 is 4.90 Å². The largest absolute Gasteiger partial charge is 0.403 e. The molecule has 0 unspecified atom stereocenters. The second-order valence-corrected chi connectivity index (χ2v) is 11.5. The van der Waals surface area contributed by atoms with E-state index in [0.29, 0.717) is 11.4 Å². The highest BCUT2D eigenvalue weighted by Gasteiger charge is 2.69. The van der Waals surface area contributed by atoms with Crippen LogP contribution in [0.25, 0.3) is 21.9 Å². The van der Waals surface area contributed by atoms with Crippen LogP contribution in [0.15, 0.2) is 61.3 Å². The predicted molar refractivity (Wildman–Crippen MR) is 148 cm³/mol. The van der Waals surface area contributed by atoms with E-state index in [-0.39, 0.29) is 51.2 Å². The first-order valence-corrected chi connectivity index (χ1v) is 13.9. The molecule has 0 atom stereocenters. The smallest absolute Gasteiger partial charge is 0.342 e. The van der Waals surface area contributed by atoms with Crippen molar-refractivity contribution in [3.63, 3.8) is 0 Å². The number of amides is 2. The van der Waals surface area contributed by atoms with Gasteiger partial charge in [-0.2, -0.15) is 23.4 Å². The summed E-state index contributed by atoms with van der Waals surface area (Å²) in [5.74, 6) is -1.02. The standard InChI is InChI=1S/C31H27F3N6O2/c1-19-2-3-22-21(14-19)15-36-24(26(22)20-4-11-37-38-16-20)18-40-25-17-35-10-5-23(25)29(27(40)41)8-12-39(13-9-29)28(42)30(6-7-30)31(32,33)34/h2-5,10-11,14-17H,6-9,12-13,18H2,1H3. The molecule has 214 valence electrons. The number of fused-ring (bicyclic) bond motifs is 3. The molecule has 0 bridgehead atoms. The minimum atomic E-state index is -4.56. The number of benzene rings is 1. The first kappa shape index (κ1) is 26.5.